The van der Waals surface area contributed by atoms with Crippen LogP contribution in [0.4, 0.5) is 0 Å². The van der Waals surface area contributed by atoms with Crippen molar-refractivity contribution in [2.24, 2.45) is 11.1 Å². The van der Waals surface area contributed by atoms with Crippen molar-refractivity contribution in [2.45, 2.75) is 40.0 Å². The molecule has 0 radical (unpaired) electrons. The van der Waals surface area contributed by atoms with Gasteiger partial charge in [0.05, 0.1) is 0 Å². The highest BCUT2D eigenvalue weighted by atomic mass is 14.9. The molecule has 0 spiro atoms. The first-order chi connectivity index (χ1) is 5.62. The first-order valence-electron chi connectivity index (χ1n) is 5.03. The van der Waals surface area contributed by atoms with E-state index in [9.17, 15) is 0 Å². The monoisotopic (exact) mass is 172 g/mol. The Hall–Kier alpha value is -0.0800. The van der Waals surface area contributed by atoms with Crippen molar-refractivity contribution in [3.63, 3.8) is 0 Å². The maximum absolute atomic E-state index is 5.61. The van der Waals surface area contributed by atoms with Crippen molar-refractivity contribution in [1.29, 1.82) is 0 Å². The van der Waals surface area contributed by atoms with Crippen LogP contribution in [-0.2, 0) is 0 Å². The Bertz CT molecular complexity index is 100. The highest BCUT2D eigenvalue weighted by Crippen LogP contribution is 2.09. The summed E-state index contributed by atoms with van der Waals surface area (Å²) in [7, 11) is 0. The van der Waals surface area contributed by atoms with Crippen LogP contribution in [0, 0.1) is 5.41 Å². The van der Waals surface area contributed by atoms with Gasteiger partial charge in [0.25, 0.3) is 0 Å². The van der Waals surface area contributed by atoms with Gasteiger partial charge < -0.3 is 11.1 Å². The third-order valence-electron chi connectivity index (χ3n) is 2.11. The fraction of sp³-hybridized carbons (Fsp3) is 1.00. The predicted octanol–water partition coefficient (Wildman–Crippen LogP) is 1.75. The van der Waals surface area contributed by atoms with E-state index in [0.29, 0.717) is 0 Å². The Kier molecular flexibility index (Phi) is 6.39. The van der Waals surface area contributed by atoms with E-state index < -0.39 is 0 Å². The Balaban J connectivity index is 3.19. The molecule has 12 heavy (non-hydrogen) atoms. The summed E-state index contributed by atoms with van der Waals surface area (Å²) in [6.07, 6.45) is 3.91. The molecule has 0 aromatic carbocycles. The van der Waals surface area contributed by atoms with Gasteiger partial charge >= 0.3 is 0 Å². The van der Waals surface area contributed by atoms with Gasteiger partial charge in [-0.1, -0.05) is 33.6 Å². The highest BCUT2D eigenvalue weighted by molar-refractivity contribution is 4.71. The van der Waals surface area contributed by atoms with Gasteiger partial charge in [0, 0.05) is 6.54 Å². The maximum Gasteiger partial charge on any atom is 0.00146 e. The fourth-order valence-corrected chi connectivity index (χ4v) is 0.999. The van der Waals surface area contributed by atoms with Crippen molar-refractivity contribution in [1.82, 2.24) is 5.32 Å². The Morgan fingerprint density at radius 1 is 1.25 bits per heavy atom. The van der Waals surface area contributed by atoms with Gasteiger partial charge in [0.1, 0.15) is 0 Å². The van der Waals surface area contributed by atoms with Crippen molar-refractivity contribution in [3.8, 4) is 0 Å². The molecule has 74 valence electrons. The van der Waals surface area contributed by atoms with E-state index in [1.807, 2.05) is 0 Å². The average Bonchev–Trinajstić information content (AvgIpc) is 2.04. The fourth-order valence-electron chi connectivity index (χ4n) is 0.999. The second-order valence-corrected chi connectivity index (χ2v) is 4.25. The van der Waals surface area contributed by atoms with E-state index in [0.717, 1.165) is 19.6 Å². The first-order valence-corrected chi connectivity index (χ1v) is 5.03. The molecule has 0 bridgehead atoms. The van der Waals surface area contributed by atoms with Crippen molar-refractivity contribution >= 4 is 0 Å². The normalized spacial score (nSPS) is 12.0. The second kappa shape index (κ2) is 6.44. The molecule has 0 heterocycles. The lowest BCUT2D eigenvalue weighted by atomic mass is 9.94. The molecule has 0 unspecified atom stereocenters. The van der Waals surface area contributed by atoms with Crippen molar-refractivity contribution in [3.05, 3.63) is 0 Å². The Morgan fingerprint density at radius 3 is 2.42 bits per heavy atom. The third-order valence-corrected chi connectivity index (χ3v) is 2.11. The zero-order valence-corrected chi connectivity index (χ0v) is 8.82. The quantitative estimate of drug-likeness (QED) is 0.574. The van der Waals surface area contributed by atoms with Crippen molar-refractivity contribution in [2.75, 3.05) is 19.6 Å². The van der Waals surface area contributed by atoms with Gasteiger partial charge in [-0.05, 0) is 24.9 Å². The lowest BCUT2D eigenvalue weighted by Crippen LogP contribution is -2.35. The predicted molar refractivity (Wildman–Crippen MR) is 55.2 cm³/mol. The number of nitrogens with two attached hydrogens (primary N) is 1. The minimum absolute atomic E-state index is 0.256. The molecule has 0 fully saturated rings. The van der Waals surface area contributed by atoms with Crippen LogP contribution >= 0.6 is 0 Å². The molecular formula is C10H24N2. The molecule has 0 atom stereocenters. The minimum Gasteiger partial charge on any atom is -0.330 e. The smallest absolute Gasteiger partial charge is 0.00146 e. The topological polar surface area (TPSA) is 38.0 Å². The largest absolute Gasteiger partial charge is 0.330 e. The van der Waals surface area contributed by atoms with Crippen LogP contribution in [0.25, 0.3) is 0 Å². The number of hydrogen-bond acceptors (Lipinski definition) is 2. The van der Waals surface area contributed by atoms with E-state index >= 15 is 0 Å². The summed E-state index contributed by atoms with van der Waals surface area (Å²) in [6, 6.07) is 0. The average molecular weight is 172 g/mol. The van der Waals surface area contributed by atoms with E-state index in [1.54, 1.807) is 0 Å². The molecule has 0 aliphatic rings. The van der Waals surface area contributed by atoms with Crippen molar-refractivity contribution < 1.29 is 0 Å². The van der Waals surface area contributed by atoms with Gasteiger partial charge in [0.15, 0.2) is 0 Å². The maximum atomic E-state index is 5.61. The molecular weight excluding hydrogens is 148 g/mol. The lowest BCUT2D eigenvalue weighted by Gasteiger charge is -2.22. The SMILES string of the molecule is CCCCCNCC(C)(C)CN. The van der Waals surface area contributed by atoms with E-state index in [-0.39, 0.29) is 5.41 Å². The van der Waals surface area contributed by atoms with Gasteiger partial charge in [0.2, 0.25) is 0 Å². The molecule has 0 aromatic rings. The second-order valence-electron chi connectivity index (χ2n) is 4.25. The van der Waals surface area contributed by atoms with Crippen LogP contribution in [0.3, 0.4) is 0 Å². The van der Waals surface area contributed by atoms with Crippen LogP contribution in [-0.4, -0.2) is 19.6 Å². The van der Waals surface area contributed by atoms with Crippen LogP contribution < -0.4 is 11.1 Å². The zero-order chi connectivity index (χ0) is 9.45. The summed E-state index contributed by atoms with van der Waals surface area (Å²) >= 11 is 0. The molecule has 0 saturated carbocycles. The van der Waals surface area contributed by atoms with Gasteiger partial charge in [-0.15, -0.1) is 0 Å². The summed E-state index contributed by atoms with van der Waals surface area (Å²) < 4.78 is 0. The molecule has 0 rings (SSSR count). The molecule has 0 amide bonds. The van der Waals surface area contributed by atoms with Crippen LogP contribution in [0.5, 0.6) is 0 Å². The van der Waals surface area contributed by atoms with E-state index in [4.69, 9.17) is 5.73 Å². The number of nitrogens with one attached hydrogen (secondary N) is 1. The Labute approximate surface area is 76.9 Å². The van der Waals surface area contributed by atoms with Gasteiger partial charge in [-0.3, -0.25) is 0 Å². The molecule has 2 nitrogen and oxygen atoms in total. The standard InChI is InChI=1S/C10H24N2/c1-4-5-6-7-12-9-10(2,3)8-11/h12H,4-9,11H2,1-3H3. The summed E-state index contributed by atoms with van der Waals surface area (Å²) in [6.45, 7) is 9.54. The third kappa shape index (κ3) is 6.62. The highest BCUT2D eigenvalue weighted by Gasteiger charge is 2.13. The number of hydrogen-bond donors (Lipinski definition) is 2. The summed E-state index contributed by atoms with van der Waals surface area (Å²) in [5, 5.41) is 3.43. The number of unbranched alkanes of at least 4 members (excludes halogenated alkanes) is 2. The lowest BCUT2D eigenvalue weighted by molar-refractivity contribution is 0.350. The molecule has 0 aliphatic heterocycles. The first kappa shape index (κ1) is 11.9. The number of rotatable bonds is 7. The molecule has 0 aliphatic carbocycles. The van der Waals surface area contributed by atoms with Crippen LogP contribution in [0.15, 0.2) is 0 Å². The molecule has 0 aromatic heterocycles. The van der Waals surface area contributed by atoms with Gasteiger partial charge in [-0.2, -0.15) is 0 Å². The molecule has 3 N–H and O–H groups in total. The van der Waals surface area contributed by atoms with E-state index in [2.05, 4.69) is 26.1 Å². The molecule has 2 heteroatoms. The zero-order valence-electron chi connectivity index (χ0n) is 8.82. The summed E-state index contributed by atoms with van der Waals surface area (Å²) in [5.41, 5.74) is 5.86. The van der Waals surface area contributed by atoms with E-state index in [1.165, 1.54) is 19.3 Å². The van der Waals surface area contributed by atoms with Crippen LogP contribution in [0.2, 0.25) is 0 Å². The minimum atomic E-state index is 0.256. The van der Waals surface area contributed by atoms with Crippen LogP contribution in [0.1, 0.15) is 40.0 Å². The molecule has 0 saturated heterocycles. The summed E-state index contributed by atoms with van der Waals surface area (Å²) in [4.78, 5) is 0. The Morgan fingerprint density at radius 2 is 1.92 bits per heavy atom. The van der Waals surface area contributed by atoms with Gasteiger partial charge in [-0.25, -0.2) is 0 Å². The summed E-state index contributed by atoms with van der Waals surface area (Å²) in [5.74, 6) is 0.